The fourth-order valence-electron chi connectivity index (χ4n) is 6.07. The molecule has 0 atom stereocenters. The molecule has 2 aliphatic heterocycles. The van der Waals surface area contributed by atoms with E-state index in [1.807, 2.05) is 4.90 Å². The van der Waals surface area contributed by atoms with Crippen molar-refractivity contribution in [1.82, 2.24) is 4.31 Å². The third kappa shape index (κ3) is 7.26. The van der Waals surface area contributed by atoms with Gasteiger partial charge in [-0.25, -0.2) is 16.8 Å². The Balaban J connectivity index is 1.52. The first kappa shape index (κ1) is 33.6. The molecule has 0 unspecified atom stereocenters. The topological polar surface area (TPSA) is 128 Å². The molecule has 248 valence electrons. The lowest BCUT2D eigenvalue weighted by Gasteiger charge is -2.31. The second-order valence-electron chi connectivity index (χ2n) is 11.5. The average molecular weight is 670 g/mol. The average Bonchev–Trinajstić information content (AvgIpc) is 3.61. The van der Waals surface area contributed by atoms with Crippen molar-refractivity contribution in [3.63, 3.8) is 0 Å². The number of benzene rings is 3. The SMILES string of the molecule is CCN(CC)S(=O)(=O)c1ccc(N2CCCCC2)c(C(=O)Nc2ccc(N3CCCC3)c(S(=O)(=O)Nc3ccc(OC)cc3)c2)c1. The van der Waals surface area contributed by atoms with Crippen LogP contribution in [-0.4, -0.2) is 73.4 Å². The molecule has 0 saturated carbocycles. The molecule has 0 radical (unpaired) electrons. The molecule has 2 saturated heterocycles. The summed E-state index contributed by atoms with van der Waals surface area (Å²) in [6.45, 7) is 7.13. The van der Waals surface area contributed by atoms with Crippen LogP contribution in [0.2, 0.25) is 0 Å². The molecule has 3 aromatic carbocycles. The Morgan fingerprint density at radius 2 is 1.33 bits per heavy atom. The van der Waals surface area contributed by atoms with Crippen molar-refractivity contribution in [3.05, 3.63) is 66.2 Å². The van der Waals surface area contributed by atoms with Crippen molar-refractivity contribution in [2.45, 2.75) is 55.7 Å². The quantitative estimate of drug-likeness (QED) is 0.264. The Hall–Kier alpha value is -3.81. The maximum Gasteiger partial charge on any atom is 0.264 e. The summed E-state index contributed by atoms with van der Waals surface area (Å²) in [5.74, 6) is 0.0841. The molecule has 3 aromatic rings. The van der Waals surface area contributed by atoms with E-state index in [0.29, 0.717) is 35.9 Å². The molecule has 0 spiro atoms. The molecule has 1 amide bonds. The number of carbonyl (C=O) groups is 1. The van der Waals surface area contributed by atoms with Gasteiger partial charge in [-0.1, -0.05) is 13.8 Å². The van der Waals surface area contributed by atoms with E-state index in [4.69, 9.17) is 4.74 Å². The van der Waals surface area contributed by atoms with Crippen LogP contribution in [0.1, 0.15) is 56.3 Å². The Labute approximate surface area is 272 Å². The van der Waals surface area contributed by atoms with Gasteiger partial charge in [-0.2, -0.15) is 4.31 Å². The Bertz CT molecular complexity index is 1750. The van der Waals surface area contributed by atoms with Crippen LogP contribution in [0.3, 0.4) is 0 Å². The van der Waals surface area contributed by atoms with Crippen LogP contribution in [0.25, 0.3) is 0 Å². The minimum atomic E-state index is -4.07. The predicted octanol–water partition coefficient (Wildman–Crippen LogP) is 5.37. The number of amides is 1. The van der Waals surface area contributed by atoms with Gasteiger partial charge in [-0.3, -0.25) is 9.52 Å². The summed E-state index contributed by atoms with van der Waals surface area (Å²) in [6.07, 6.45) is 4.95. The molecule has 2 N–H and O–H groups in total. The summed E-state index contributed by atoms with van der Waals surface area (Å²) in [4.78, 5) is 18.2. The van der Waals surface area contributed by atoms with E-state index in [1.54, 1.807) is 62.4 Å². The number of piperidine rings is 1. The first-order chi connectivity index (χ1) is 22.1. The highest BCUT2D eigenvalue weighted by Gasteiger charge is 2.28. The molecular weight excluding hydrogens is 627 g/mol. The molecule has 0 aromatic heterocycles. The minimum absolute atomic E-state index is 0.0390. The number of anilines is 4. The lowest BCUT2D eigenvalue weighted by molar-refractivity contribution is 0.102. The number of hydrogen-bond donors (Lipinski definition) is 2. The van der Waals surface area contributed by atoms with Gasteiger partial charge in [0, 0.05) is 56.3 Å². The zero-order chi connectivity index (χ0) is 32.9. The molecule has 13 heteroatoms. The molecular formula is C33H43N5O6S2. The van der Waals surface area contributed by atoms with E-state index in [-0.39, 0.29) is 21.0 Å². The van der Waals surface area contributed by atoms with Gasteiger partial charge >= 0.3 is 0 Å². The van der Waals surface area contributed by atoms with Crippen LogP contribution in [0.4, 0.5) is 22.7 Å². The van der Waals surface area contributed by atoms with Crippen LogP contribution in [0.15, 0.2) is 70.5 Å². The number of carbonyl (C=O) groups excluding carboxylic acids is 1. The van der Waals surface area contributed by atoms with Gasteiger partial charge in [-0.15, -0.1) is 0 Å². The van der Waals surface area contributed by atoms with Gasteiger partial charge in [0.05, 0.1) is 23.3 Å². The smallest absolute Gasteiger partial charge is 0.264 e. The second-order valence-corrected chi connectivity index (χ2v) is 15.1. The van der Waals surface area contributed by atoms with Crippen LogP contribution in [0.5, 0.6) is 5.75 Å². The van der Waals surface area contributed by atoms with Crippen molar-refractivity contribution in [2.24, 2.45) is 0 Å². The highest BCUT2D eigenvalue weighted by Crippen LogP contribution is 2.34. The normalized spacial score (nSPS) is 15.7. The number of ether oxygens (including phenoxy) is 1. The van der Waals surface area contributed by atoms with E-state index < -0.39 is 26.0 Å². The van der Waals surface area contributed by atoms with E-state index >= 15 is 0 Å². The van der Waals surface area contributed by atoms with Crippen LogP contribution in [-0.2, 0) is 20.0 Å². The molecule has 0 aliphatic carbocycles. The van der Waals surface area contributed by atoms with E-state index in [9.17, 15) is 21.6 Å². The number of methoxy groups -OCH3 is 1. The van der Waals surface area contributed by atoms with E-state index in [1.165, 1.54) is 23.5 Å². The Morgan fingerprint density at radius 3 is 1.93 bits per heavy atom. The van der Waals surface area contributed by atoms with Crippen molar-refractivity contribution < 1.29 is 26.4 Å². The molecule has 2 fully saturated rings. The summed E-state index contributed by atoms with van der Waals surface area (Å²) in [6, 6.07) is 16.2. The largest absolute Gasteiger partial charge is 0.497 e. The van der Waals surface area contributed by atoms with Crippen molar-refractivity contribution in [1.29, 1.82) is 0 Å². The number of nitrogens with one attached hydrogen (secondary N) is 2. The van der Waals surface area contributed by atoms with Crippen molar-refractivity contribution in [2.75, 3.05) is 66.2 Å². The first-order valence-electron chi connectivity index (χ1n) is 15.8. The Kier molecular flexibility index (Phi) is 10.4. The summed E-state index contributed by atoms with van der Waals surface area (Å²) in [5.41, 5.74) is 2.08. The summed E-state index contributed by atoms with van der Waals surface area (Å²) in [7, 11) is -6.35. The fourth-order valence-corrected chi connectivity index (χ4v) is 8.87. The molecule has 5 rings (SSSR count). The maximum absolute atomic E-state index is 14.0. The van der Waals surface area contributed by atoms with E-state index in [2.05, 4.69) is 14.9 Å². The number of sulfonamides is 2. The van der Waals surface area contributed by atoms with Crippen LogP contribution < -0.4 is 24.6 Å². The maximum atomic E-state index is 14.0. The first-order valence-corrected chi connectivity index (χ1v) is 18.8. The van der Waals surface area contributed by atoms with Gasteiger partial charge in [0.1, 0.15) is 10.6 Å². The van der Waals surface area contributed by atoms with Crippen molar-refractivity contribution >= 4 is 48.7 Å². The summed E-state index contributed by atoms with van der Waals surface area (Å²) >= 11 is 0. The highest BCUT2D eigenvalue weighted by atomic mass is 32.2. The van der Waals surface area contributed by atoms with Gasteiger partial charge in [0.25, 0.3) is 15.9 Å². The van der Waals surface area contributed by atoms with Gasteiger partial charge in [0.15, 0.2) is 0 Å². The van der Waals surface area contributed by atoms with Gasteiger partial charge < -0.3 is 19.9 Å². The molecule has 0 bridgehead atoms. The standard InChI is InChI=1S/C33H43N5O6S2/c1-4-38(5-2)46(42,43)28-16-18-30(36-19-7-6-8-20-36)29(24-28)33(39)34-26-13-17-31(37-21-9-10-22-37)32(23-26)45(40,41)35-25-11-14-27(44-3)15-12-25/h11-18,23-24,35H,4-10,19-22H2,1-3H3,(H,34,39). The fraction of sp³-hybridized carbons (Fsp3) is 0.424. The molecule has 46 heavy (non-hydrogen) atoms. The van der Waals surface area contributed by atoms with Crippen LogP contribution >= 0.6 is 0 Å². The second kappa shape index (κ2) is 14.3. The predicted molar refractivity (Wildman–Crippen MR) is 182 cm³/mol. The molecule has 11 nitrogen and oxygen atoms in total. The summed E-state index contributed by atoms with van der Waals surface area (Å²) in [5, 5.41) is 2.88. The number of rotatable bonds is 12. The zero-order valence-electron chi connectivity index (χ0n) is 26.7. The lowest BCUT2D eigenvalue weighted by Crippen LogP contribution is -2.33. The zero-order valence-corrected chi connectivity index (χ0v) is 28.3. The molecule has 2 aliphatic rings. The Morgan fingerprint density at radius 1 is 0.761 bits per heavy atom. The monoisotopic (exact) mass is 669 g/mol. The number of hydrogen-bond acceptors (Lipinski definition) is 8. The summed E-state index contributed by atoms with van der Waals surface area (Å²) < 4.78 is 63.7. The lowest BCUT2D eigenvalue weighted by atomic mass is 10.1. The van der Waals surface area contributed by atoms with Crippen LogP contribution in [0, 0.1) is 0 Å². The molecule has 2 heterocycles. The number of nitrogens with zero attached hydrogens (tertiary/aromatic N) is 3. The minimum Gasteiger partial charge on any atom is -0.497 e. The van der Waals surface area contributed by atoms with Gasteiger partial charge in [0.2, 0.25) is 10.0 Å². The third-order valence-electron chi connectivity index (χ3n) is 8.55. The van der Waals surface area contributed by atoms with Crippen molar-refractivity contribution in [3.8, 4) is 5.75 Å². The van der Waals surface area contributed by atoms with Gasteiger partial charge in [-0.05, 0) is 92.8 Å². The highest BCUT2D eigenvalue weighted by molar-refractivity contribution is 7.93. The third-order valence-corrected chi connectivity index (χ3v) is 12.0. The van der Waals surface area contributed by atoms with E-state index in [0.717, 1.165) is 58.3 Å².